The highest BCUT2D eigenvalue weighted by Gasteiger charge is 2.27. The van der Waals surface area contributed by atoms with Gasteiger partial charge in [0.1, 0.15) is 5.82 Å². The quantitative estimate of drug-likeness (QED) is 0.569. The average molecular weight is 448 g/mol. The molecule has 2 amide bonds. The minimum Gasteiger partial charge on any atom is -0.369 e. The zero-order valence-electron chi connectivity index (χ0n) is 18.2. The molecule has 1 aromatic heterocycles. The molecule has 0 radical (unpaired) electrons. The van der Waals surface area contributed by atoms with E-state index in [1.54, 1.807) is 18.5 Å². The van der Waals surface area contributed by atoms with Gasteiger partial charge in [0.2, 0.25) is 0 Å². The number of para-hydroxylation sites is 2. The molecule has 4 rings (SSSR count). The summed E-state index contributed by atoms with van der Waals surface area (Å²) in [4.78, 5) is 33.5. The van der Waals surface area contributed by atoms with Crippen molar-refractivity contribution in [3.8, 4) is 0 Å². The van der Waals surface area contributed by atoms with Gasteiger partial charge in [-0.1, -0.05) is 36.4 Å². The van der Waals surface area contributed by atoms with Crippen molar-refractivity contribution < 1.29 is 14.0 Å². The summed E-state index contributed by atoms with van der Waals surface area (Å²) in [6.07, 6.45) is 3.48. The lowest BCUT2D eigenvalue weighted by Crippen LogP contribution is -2.50. The molecule has 1 aliphatic rings. The summed E-state index contributed by atoms with van der Waals surface area (Å²) in [7, 11) is 0. The lowest BCUT2D eigenvalue weighted by atomic mass is 10.1. The van der Waals surface area contributed by atoms with Crippen molar-refractivity contribution in [2.45, 2.75) is 6.04 Å². The van der Waals surface area contributed by atoms with Crippen LogP contribution in [0.5, 0.6) is 0 Å². The van der Waals surface area contributed by atoms with E-state index >= 15 is 0 Å². The van der Waals surface area contributed by atoms with E-state index in [0.717, 1.165) is 31.7 Å². The summed E-state index contributed by atoms with van der Waals surface area (Å²) in [6, 6.07) is 19.7. The van der Waals surface area contributed by atoms with Crippen LogP contribution in [0.4, 0.5) is 15.8 Å². The van der Waals surface area contributed by atoms with E-state index in [0.29, 0.717) is 0 Å². The van der Waals surface area contributed by atoms with Crippen LogP contribution >= 0.6 is 0 Å². The molecule has 33 heavy (non-hydrogen) atoms. The number of piperazine rings is 1. The van der Waals surface area contributed by atoms with E-state index in [1.807, 2.05) is 30.3 Å². The van der Waals surface area contributed by atoms with Crippen LogP contribution in [0, 0.1) is 5.82 Å². The second kappa shape index (κ2) is 10.7. The molecule has 1 atom stereocenters. The van der Waals surface area contributed by atoms with Crippen LogP contribution in [-0.4, -0.2) is 54.4 Å². The zero-order valence-corrected chi connectivity index (χ0v) is 18.2. The molecule has 8 heteroatoms. The number of anilines is 2. The molecule has 0 saturated carbocycles. The molecule has 1 fully saturated rings. The van der Waals surface area contributed by atoms with E-state index < -0.39 is 17.6 Å². The molecule has 0 bridgehead atoms. The number of hydrogen-bond acceptors (Lipinski definition) is 5. The molecule has 2 N–H and O–H groups in total. The standard InChI is InChI=1S/C25H26FN5O2/c26-21-10-4-5-11-22(21)29-25(33)24(32)28-18-23(19-7-6-12-27-17-19)31-15-13-30(14-16-31)20-8-2-1-3-9-20/h1-12,17,23H,13-16,18H2,(H,28,32)(H,29,33). The molecule has 170 valence electrons. The van der Waals surface area contributed by atoms with Crippen LogP contribution in [0.3, 0.4) is 0 Å². The first-order valence-corrected chi connectivity index (χ1v) is 10.9. The molecule has 1 saturated heterocycles. The second-order valence-corrected chi connectivity index (χ2v) is 7.80. The number of hydrogen-bond donors (Lipinski definition) is 2. The maximum atomic E-state index is 13.8. The Morgan fingerprint density at radius 1 is 0.909 bits per heavy atom. The summed E-state index contributed by atoms with van der Waals surface area (Å²) in [5.41, 5.74) is 2.12. The van der Waals surface area contributed by atoms with Gasteiger partial charge in [0.25, 0.3) is 0 Å². The largest absolute Gasteiger partial charge is 0.369 e. The SMILES string of the molecule is O=C(NCC(c1cccnc1)N1CCN(c2ccccc2)CC1)C(=O)Nc1ccccc1F. The number of pyridine rings is 1. The highest BCUT2D eigenvalue weighted by molar-refractivity contribution is 6.39. The third kappa shape index (κ3) is 5.72. The number of benzene rings is 2. The maximum Gasteiger partial charge on any atom is 0.313 e. The molecule has 1 aliphatic heterocycles. The van der Waals surface area contributed by atoms with Crippen molar-refractivity contribution in [2.24, 2.45) is 0 Å². The highest BCUT2D eigenvalue weighted by atomic mass is 19.1. The van der Waals surface area contributed by atoms with Crippen LogP contribution in [0.1, 0.15) is 11.6 Å². The lowest BCUT2D eigenvalue weighted by Gasteiger charge is -2.40. The molecule has 0 spiro atoms. The Morgan fingerprint density at radius 3 is 2.33 bits per heavy atom. The van der Waals surface area contributed by atoms with Gasteiger partial charge in [-0.15, -0.1) is 0 Å². The Kier molecular flexibility index (Phi) is 7.26. The number of nitrogens with zero attached hydrogens (tertiary/aromatic N) is 3. The first kappa shape index (κ1) is 22.4. The van der Waals surface area contributed by atoms with Gasteiger partial charge in [-0.25, -0.2) is 4.39 Å². The van der Waals surface area contributed by atoms with Gasteiger partial charge in [-0.3, -0.25) is 19.5 Å². The van der Waals surface area contributed by atoms with Gasteiger partial charge in [0.15, 0.2) is 0 Å². The number of aromatic nitrogens is 1. The van der Waals surface area contributed by atoms with Gasteiger partial charge in [-0.2, -0.15) is 0 Å². The van der Waals surface area contributed by atoms with Crippen molar-refractivity contribution in [1.29, 1.82) is 0 Å². The number of amides is 2. The van der Waals surface area contributed by atoms with Crippen molar-refractivity contribution in [1.82, 2.24) is 15.2 Å². The topological polar surface area (TPSA) is 77.6 Å². The van der Waals surface area contributed by atoms with Crippen LogP contribution < -0.4 is 15.5 Å². The fourth-order valence-electron chi connectivity index (χ4n) is 3.97. The van der Waals surface area contributed by atoms with Gasteiger partial charge in [-0.05, 0) is 35.9 Å². The van der Waals surface area contributed by atoms with Crippen LogP contribution in [0.2, 0.25) is 0 Å². The van der Waals surface area contributed by atoms with Crippen molar-refractivity contribution in [3.63, 3.8) is 0 Å². The van der Waals surface area contributed by atoms with Crippen LogP contribution in [0.15, 0.2) is 79.1 Å². The summed E-state index contributed by atoms with van der Waals surface area (Å²) in [5, 5.41) is 5.02. The van der Waals surface area contributed by atoms with E-state index in [9.17, 15) is 14.0 Å². The first-order chi connectivity index (χ1) is 16.1. The summed E-state index contributed by atoms with van der Waals surface area (Å²) < 4.78 is 13.8. The fourth-order valence-corrected chi connectivity index (χ4v) is 3.97. The molecule has 2 heterocycles. The summed E-state index contributed by atoms with van der Waals surface area (Å²) in [6.45, 7) is 3.53. The molecule has 1 unspecified atom stereocenters. The predicted molar refractivity (Wildman–Crippen MR) is 125 cm³/mol. The van der Waals surface area contributed by atoms with Crippen molar-refractivity contribution in [2.75, 3.05) is 42.9 Å². The maximum absolute atomic E-state index is 13.8. The van der Waals surface area contributed by atoms with E-state index in [1.165, 1.54) is 23.9 Å². The number of halogens is 1. The molecule has 0 aliphatic carbocycles. The average Bonchev–Trinajstić information content (AvgIpc) is 2.87. The monoisotopic (exact) mass is 447 g/mol. The molecule has 7 nitrogen and oxygen atoms in total. The van der Waals surface area contributed by atoms with Gasteiger partial charge in [0.05, 0.1) is 11.7 Å². The Morgan fingerprint density at radius 2 is 1.64 bits per heavy atom. The van der Waals surface area contributed by atoms with Crippen molar-refractivity contribution >= 4 is 23.2 Å². The van der Waals surface area contributed by atoms with Crippen molar-refractivity contribution in [3.05, 3.63) is 90.5 Å². The molecular weight excluding hydrogens is 421 g/mol. The Labute approximate surface area is 192 Å². The number of carbonyl (C=O) groups excluding carboxylic acids is 2. The Bertz CT molecular complexity index is 1070. The number of rotatable bonds is 6. The zero-order chi connectivity index (χ0) is 23.0. The smallest absolute Gasteiger partial charge is 0.313 e. The molecule has 2 aromatic carbocycles. The van der Waals surface area contributed by atoms with E-state index in [4.69, 9.17) is 0 Å². The van der Waals surface area contributed by atoms with Gasteiger partial charge in [0, 0.05) is 50.8 Å². The van der Waals surface area contributed by atoms with Gasteiger partial charge < -0.3 is 15.5 Å². The second-order valence-electron chi connectivity index (χ2n) is 7.80. The molecular formula is C25H26FN5O2. The number of carbonyl (C=O) groups is 2. The summed E-state index contributed by atoms with van der Waals surface area (Å²) in [5.74, 6) is -2.31. The minimum absolute atomic E-state index is 0.0292. The van der Waals surface area contributed by atoms with Crippen LogP contribution in [0.25, 0.3) is 0 Å². The Hall–Kier alpha value is -3.78. The predicted octanol–water partition coefficient (Wildman–Crippen LogP) is 2.84. The minimum atomic E-state index is -0.904. The Balaban J connectivity index is 1.39. The third-order valence-corrected chi connectivity index (χ3v) is 5.73. The van der Waals surface area contributed by atoms with E-state index in [2.05, 4.69) is 37.6 Å². The first-order valence-electron chi connectivity index (χ1n) is 10.9. The summed E-state index contributed by atoms with van der Waals surface area (Å²) >= 11 is 0. The fraction of sp³-hybridized carbons (Fsp3) is 0.240. The lowest BCUT2D eigenvalue weighted by molar-refractivity contribution is -0.136. The third-order valence-electron chi connectivity index (χ3n) is 5.73. The molecule has 3 aromatic rings. The number of nitrogens with one attached hydrogen (secondary N) is 2. The highest BCUT2D eigenvalue weighted by Crippen LogP contribution is 2.23. The van der Waals surface area contributed by atoms with E-state index in [-0.39, 0.29) is 18.3 Å². The van der Waals surface area contributed by atoms with Gasteiger partial charge >= 0.3 is 11.8 Å². The van der Waals surface area contributed by atoms with Crippen LogP contribution in [-0.2, 0) is 9.59 Å². The normalized spacial score (nSPS) is 15.0.